The molecule has 1 fully saturated rings. The van der Waals surface area contributed by atoms with Crippen LogP contribution in [-0.2, 0) is 17.5 Å². The molecule has 128 valence electrons. The van der Waals surface area contributed by atoms with E-state index in [0.29, 0.717) is 10.6 Å². The second-order valence-electron chi connectivity index (χ2n) is 5.32. The van der Waals surface area contributed by atoms with Gasteiger partial charge in [-0.2, -0.15) is 27.8 Å². The monoisotopic (exact) mass is 360 g/mol. The second kappa shape index (κ2) is 6.34. The summed E-state index contributed by atoms with van der Waals surface area (Å²) >= 11 is 0.854. The predicted molar refractivity (Wildman–Crippen MR) is 79.2 cm³/mol. The van der Waals surface area contributed by atoms with Gasteiger partial charge in [0.15, 0.2) is 10.8 Å². The molecular weight excluding hydrogens is 348 g/mol. The number of carbonyl (C=O) groups excluding carboxylic acids is 1. The molecule has 2 aromatic rings. The Morgan fingerprint density at radius 3 is 2.79 bits per heavy atom. The molecule has 0 aromatic carbocycles. The molecule has 1 amide bonds. The van der Waals surface area contributed by atoms with Crippen molar-refractivity contribution in [3.05, 3.63) is 39.6 Å². The molecule has 0 unspecified atom stereocenters. The van der Waals surface area contributed by atoms with E-state index in [1.165, 1.54) is 18.3 Å². The van der Waals surface area contributed by atoms with Gasteiger partial charge in [0, 0.05) is 11.6 Å². The van der Waals surface area contributed by atoms with Gasteiger partial charge in [-0.25, -0.2) is 5.43 Å². The van der Waals surface area contributed by atoms with E-state index in [1.54, 1.807) is 0 Å². The fourth-order valence-electron chi connectivity index (χ4n) is 2.14. The van der Waals surface area contributed by atoms with E-state index in [1.807, 2.05) is 0 Å². The lowest BCUT2D eigenvalue weighted by atomic mass is 10.2. The molecule has 1 aliphatic carbocycles. The van der Waals surface area contributed by atoms with Crippen LogP contribution < -0.4 is 5.43 Å². The maximum absolute atomic E-state index is 12.8. The molecule has 1 aliphatic rings. The predicted octanol–water partition coefficient (Wildman–Crippen LogP) is 3.13. The Morgan fingerprint density at radius 1 is 1.46 bits per heavy atom. The fourth-order valence-corrected chi connectivity index (χ4v) is 2.74. The Balaban J connectivity index is 1.65. The molecule has 0 bridgehead atoms. The van der Waals surface area contributed by atoms with Gasteiger partial charge in [-0.05, 0) is 31.0 Å². The maximum Gasteiger partial charge on any atom is 0.435 e. The lowest BCUT2D eigenvalue weighted by molar-refractivity contribution is -0.141. The quantitative estimate of drug-likeness (QED) is 0.506. The summed E-state index contributed by atoms with van der Waals surface area (Å²) in [6, 6.07) is 3.74. The minimum absolute atomic E-state index is 0.0130. The SMILES string of the molecule is O=C(Cn1nc(C(F)(F)F)cc1C1CC1)N/N=C\c1ccc(F)s1. The minimum Gasteiger partial charge on any atom is -0.271 e. The van der Waals surface area contributed by atoms with E-state index < -0.39 is 17.8 Å². The van der Waals surface area contributed by atoms with Gasteiger partial charge in [-0.1, -0.05) is 0 Å². The summed E-state index contributed by atoms with van der Waals surface area (Å²) in [6.45, 7) is -0.363. The molecule has 2 heterocycles. The minimum atomic E-state index is -4.55. The van der Waals surface area contributed by atoms with E-state index in [0.717, 1.165) is 34.9 Å². The number of hydrazone groups is 1. The summed E-state index contributed by atoms with van der Waals surface area (Å²) in [5.74, 6) is -0.596. The normalized spacial score (nSPS) is 15.2. The molecule has 0 aliphatic heterocycles. The zero-order valence-electron chi connectivity index (χ0n) is 12.2. The number of amides is 1. The third-order valence-electron chi connectivity index (χ3n) is 3.37. The first-order valence-electron chi connectivity index (χ1n) is 7.05. The van der Waals surface area contributed by atoms with Gasteiger partial charge in [0.2, 0.25) is 0 Å². The number of aromatic nitrogens is 2. The zero-order valence-corrected chi connectivity index (χ0v) is 13.0. The highest BCUT2D eigenvalue weighted by Crippen LogP contribution is 2.42. The molecule has 1 N–H and O–H groups in total. The van der Waals surface area contributed by atoms with Crippen molar-refractivity contribution in [3.8, 4) is 0 Å². The lowest BCUT2D eigenvalue weighted by Gasteiger charge is -2.05. The molecule has 1 saturated carbocycles. The summed E-state index contributed by atoms with van der Waals surface area (Å²) < 4.78 is 52.2. The van der Waals surface area contributed by atoms with Crippen molar-refractivity contribution in [2.45, 2.75) is 31.5 Å². The fraction of sp³-hybridized carbons (Fsp3) is 0.357. The summed E-state index contributed by atoms with van der Waals surface area (Å²) in [7, 11) is 0. The van der Waals surface area contributed by atoms with Crippen molar-refractivity contribution in [2.24, 2.45) is 5.10 Å². The molecule has 2 aromatic heterocycles. The number of carbonyl (C=O) groups is 1. The van der Waals surface area contributed by atoms with Crippen molar-refractivity contribution in [2.75, 3.05) is 0 Å². The van der Waals surface area contributed by atoms with Gasteiger partial charge in [-0.15, -0.1) is 11.3 Å². The highest BCUT2D eigenvalue weighted by Gasteiger charge is 2.38. The average molecular weight is 360 g/mol. The van der Waals surface area contributed by atoms with E-state index in [2.05, 4.69) is 15.6 Å². The van der Waals surface area contributed by atoms with Crippen LogP contribution in [0.2, 0.25) is 0 Å². The van der Waals surface area contributed by atoms with Crippen LogP contribution in [0.5, 0.6) is 0 Å². The highest BCUT2D eigenvalue weighted by atomic mass is 32.1. The standard InChI is InChI=1S/C14H12F4N4OS/c15-12-4-3-9(24-12)6-19-20-13(23)7-22-10(8-1-2-8)5-11(21-22)14(16,17)18/h3-6,8H,1-2,7H2,(H,20,23)/b19-6-. The number of alkyl halides is 3. The van der Waals surface area contributed by atoms with Crippen LogP contribution in [0.25, 0.3) is 0 Å². The van der Waals surface area contributed by atoms with Crippen molar-refractivity contribution in [1.82, 2.24) is 15.2 Å². The molecule has 0 radical (unpaired) electrons. The van der Waals surface area contributed by atoms with Crippen LogP contribution in [0.4, 0.5) is 17.6 Å². The van der Waals surface area contributed by atoms with Crippen LogP contribution in [-0.4, -0.2) is 21.9 Å². The summed E-state index contributed by atoms with van der Waals surface area (Å²) in [4.78, 5) is 12.3. The molecule has 0 atom stereocenters. The van der Waals surface area contributed by atoms with E-state index in [9.17, 15) is 22.4 Å². The first-order valence-corrected chi connectivity index (χ1v) is 7.87. The largest absolute Gasteiger partial charge is 0.435 e. The zero-order chi connectivity index (χ0) is 17.3. The van der Waals surface area contributed by atoms with Crippen molar-refractivity contribution in [1.29, 1.82) is 0 Å². The third-order valence-corrected chi connectivity index (χ3v) is 4.17. The van der Waals surface area contributed by atoms with Gasteiger partial charge in [0.25, 0.3) is 5.91 Å². The number of halogens is 4. The van der Waals surface area contributed by atoms with Gasteiger partial charge >= 0.3 is 6.18 Å². The Bertz CT molecular complexity index is 776. The highest BCUT2D eigenvalue weighted by molar-refractivity contribution is 7.12. The molecule has 0 spiro atoms. The Kier molecular flexibility index (Phi) is 4.39. The third kappa shape index (κ3) is 3.99. The number of nitrogens with zero attached hydrogens (tertiary/aromatic N) is 3. The van der Waals surface area contributed by atoms with Crippen LogP contribution in [0.15, 0.2) is 23.3 Å². The Hall–Kier alpha value is -2.23. The van der Waals surface area contributed by atoms with Crippen molar-refractivity contribution >= 4 is 23.5 Å². The topological polar surface area (TPSA) is 59.3 Å². The van der Waals surface area contributed by atoms with Crippen molar-refractivity contribution in [3.63, 3.8) is 0 Å². The Morgan fingerprint density at radius 2 is 2.21 bits per heavy atom. The molecule has 0 saturated heterocycles. The number of rotatable bonds is 5. The van der Waals surface area contributed by atoms with Gasteiger partial charge in [-0.3, -0.25) is 9.48 Å². The Labute approximate surface area is 138 Å². The summed E-state index contributed by atoms with van der Waals surface area (Å²) in [5.41, 5.74) is 1.60. The number of thiophene rings is 1. The molecule has 10 heteroatoms. The summed E-state index contributed by atoms with van der Waals surface area (Å²) in [6.07, 6.45) is -1.72. The van der Waals surface area contributed by atoms with E-state index in [4.69, 9.17) is 0 Å². The molecule has 5 nitrogen and oxygen atoms in total. The number of hydrogen-bond acceptors (Lipinski definition) is 4. The molecular formula is C14H12F4N4OS. The van der Waals surface area contributed by atoms with Crippen molar-refractivity contribution < 1.29 is 22.4 Å². The van der Waals surface area contributed by atoms with Crippen LogP contribution in [0, 0.1) is 5.13 Å². The van der Waals surface area contributed by atoms with E-state index >= 15 is 0 Å². The second-order valence-corrected chi connectivity index (χ2v) is 6.38. The molecule has 24 heavy (non-hydrogen) atoms. The van der Waals surface area contributed by atoms with Gasteiger partial charge in [0.1, 0.15) is 6.54 Å². The smallest absolute Gasteiger partial charge is 0.271 e. The first kappa shape index (κ1) is 16.6. The lowest BCUT2D eigenvalue weighted by Crippen LogP contribution is -2.25. The van der Waals surface area contributed by atoms with Crippen LogP contribution in [0.3, 0.4) is 0 Å². The number of hydrogen-bond donors (Lipinski definition) is 1. The van der Waals surface area contributed by atoms with Gasteiger partial charge < -0.3 is 0 Å². The van der Waals surface area contributed by atoms with Crippen LogP contribution in [0.1, 0.15) is 35.0 Å². The molecule has 3 rings (SSSR count). The first-order chi connectivity index (χ1) is 11.3. The number of nitrogens with one attached hydrogen (secondary N) is 1. The van der Waals surface area contributed by atoms with E-state index in [-0.39, 0.29) is 17.6 Å². The maximum atomic E-state index is 12.8. The average Bonchev–Trinajstić information content (AvgIpc) is 3.11. The summed E-state index contributed by atoms with van der Waals surface area (Å²) in [5, 5.41) is 6.75. The van der Waals surface area contributed by atoms with Gasteiger partial charge in [0.05, 0.1) is 11.1 Å². The van der Waals surface area contributed by atoms with Crippen LogP contribution >= 0.6 is 11.3 Å².